The first kappa shape index (κ1) is 21.5. The molecule has 1 aliphatic rings. The van der Waals surface area contributed by atoms with E-state index in [1.807, 2.05) is 11.9 Å². The van der Waals surface area contributed by atoms with Gasteiger partial charge in [0.2, 0.25) is 11.8 Å². The van der Waals surface area contributed by atoms with Gasteiger partial charge in [-0.15, -0.1) is 0 Å². The highest BCUT2D eigenvalue weighted by Crippen LogP contribution is 2.34. The van der Waals surface area contributed by atoms with Gasteiger partial charge in [-0.3, -0.25) is 14.4 Å². The third-order valence-electron chi connectivity index (χ3n) is 4.67. The molecule has 0 unspecified atom stereocenters. The second-order valence-corrected chi connectivity index (χ2v) is 6.63. The van der Waals surface area contributed by atoms with Crippen LogP contribution in [0, 0.1) is 0 Å². The Labute approximate surface area is 165 Å². The van der Waals surface area contributed by atoms with Crippen molar-refractivity contribution in [3.63, 3.8) is 0 Å². The summed E-state index contributed by atoms with van der Waals surface area (Å²) in [6.45, 7) is 1.22. The maximum Gasteiger partial charge on any atom is 0.251 e. The van der Waals surface area contributed by atoms with Gasteiger partial charge in [0.15, 0.2) is 0 Å². The summed E-state index contributed by atoms with van der Waals surface area (Å²) in [7, 11) is 6.57. The van der Waals surface area contributed by atoms with Crippen molar-refractivity contribution >= 4 is 23.4 Å². The number of carbonyl (C=O) groups is 3. The molecule has 1 atom stereocenters. The molecular formula is C19H28N4O5. The largest absolute Gasteiger partial charge is 0.489 e. The van der Waals surface area contributed by atoms with Gasteiger partial charge in [-0.05, 0) is 18.2 Å². The van der Waals surface area contributed by atoms with Crippen molar-refractivity contribution < 1.29 is 23.9 Å². The molecule has 0 radical (unpaired) electrons. The van der Waals surface area contributed by atoms with Crippen molar-refractivity contribution in [2.24, 2.45) is 0 Å². The van der Waals surface area contributed by atoms with Crippen molar-refractivity contribution in [2.75, 3.05) is 59.5 Å². The highest BCUT2D eigenvalue weighted by Gasteiger charge is 2.28. The summed E-state index contributed by atoms with van der Waals surface area (Å²) < 4.78 is 10.7. The van der Waals surface area contributed by atoms with Crippen LogP contribution in [0.4, 0.5) is 5.69 Å². The summed E-state index contributed by atoms with van der Waals surface area (Å²) in [5.41, 5.74) is 1.26. The van der Waals surface area contributed by atoms with E-state index in [4.69, 9.17) is 9.47 Å². The van der Waals surface area contributed by atoms with E-state index < -0.39 is 0 Å². The lowest BCUT2D eigenvalue weighted by Crippen LogP contribution is -2.45. The first-order valence-corrected chi connectivity index (χ1v) is 9.08. The number of amides is 3. The molecule has 28 heavy (non-hydrogen) atoms. The smallest absolute Gasteiger partial charge is 0.251 e. The first-order valence-electron chi connectivity index (χ1n) is 9.08. The van der Waals surface area contributed by atoms with Crippen LogP contribution >= 0.6 is 0 Å². The molecule has 154 valence electrons. The molecule has 9 heteroatoms. The minimum atomic E-state index is -0.224. The zero-order valence-corrected chi connectivity index (χ0v) is 16.8. The second-order valence-electron chi connectivity index (χ2n) is 6.63. The molecule has 3 amide bonds. The van der Waals surface area contributed by atoms with Crippen molar-refractivity contribution in [1.29, 1.82) is 0 Å². The number of nitrogens with one attached hydrogen (secondary N) is 2. The molecule has 0 fully saturated rings. The Morgan fingerprint density at radius 1 is 1.36 bits per heavy atom. The van der Waals surface area contributed by atoms with Gasteiger partial charge in [0.05, 0.1) is 31.3 Å². The van der Waals surface area contributed by atoms with E-state index in [0.29, 0.717) is 31.1 Å². The highest BCUT2D eigenvalue weighted by atomic mass is 16.5. The molecule has 2 N–H and O–H groups in total. The lowest BCUT2D eigenvalue weighted by molar-refractivity contribution is -0.135. The van der Waals surface area contributed by atoms with E-state index in [2.05, 4.69) is 10.6 Å². The number of anilines is 1. The first-order chi connectivity index (χ1) is 13.4. The van der Waals surface area contributed by atoms with Crippen LogP contribution in [0.2, 0.25) is 0 Å². The number of likely N-dealkylation sites (N-methyl/N-ethyl adjacent to an activating group) is 3. The van der Waals surface area contributed by atoms with E-state index in [1.165, 1.54) is 11.9 Å². The molecule has 1 heterocycles. The number of carbonyl (C=O) groups excluding carboxylic acids is 3. The highest BCUT2D eigenvalue weighted by molar-refractivity contribution is 5.95. The number of fused-ring (bicyclic) bond motifs is 1. The van der Waals surface area contributed by atoms with E-state index in [1.54, 1.807) is 32.4 Å². The predicted molar refractivity (Wildman–Crippen MR) is 105 cm³/mol. The van der Waals surface area contributed by atoms with E-state index in [0.717, 1.165) is 5.69 Å². The van der Waals surface area contributed by atoms with Crippen LogP contribution in [0.15, 0.2) is 18.2 Å². The van der Waals surface area contributed by atoms with Crippen LogP contribution in [0.5, 0.6) is 5.75 Å². The van der Waals surface area contributed by atoms with Gasteiger partial charge in [0.25, 0.3) is 5.91 Å². The minimum Gasteiger partial charge on any atom is -0.489 e. The number of rotatable bonds is 8. The predicted octanol–water partition coefficient (Wildman–Crippen LogP) is -0.145. The van der Waals surface area contributed by atoms with Gasteiger partial charge in [-0.2, -0.15) is 0 Å². The lowest BCUT2D eigenvalue weighted by atomic mass is 10.1. The van der Waals surface area contributed by atoms with Crippen LogP contribution in [0.3, 0.4) is 0 Å². The number of hydrogen-bond acceptors (Lipinski definition) is 6. The number of hydrogen-bond donors (Lipinski definition) is 2. The van der Waals surface area contributed by atoms with Crippen LogP contribution in [0.1, 0.15) is 16.8 Å². The van der Waals surface area contributed by atoms with Gasteiger partial charge in [-0.25, -0.2) is 0 Å². The Hall–Kier alpha value is -2.81. The molecule has 9 nitrogen and oxygen atoms in total. The maximum atomic E-state index is 12.4. The Bertz CT molecular complexity index is 724. The van der Waals surface area contributed by atoms with Crippen LogP contribution in [-0.4, -0.2) is 83.2 Å². The molecular weight excluding hydrogens is 364 g/mol. The van der Waals surface area contributed by atoms with Crippen molar-refractivity contribution in [3.05, 3.63) is 23.8 Å². The quantitative estimate of drug-likeness (QED) is 0.597. The SMILES string of the molecule is CNC(=O)CN(C)C(=O)C[C@@H]1COc2ccc(C(=O)NCCOC)cc2N1C. The zero-order chi connectivity index (χ0) is 20.7. The molecule has 1 aromatic rings. The van der Waals surface area contributed by atoms with E-state index in [9.17, 15) is 14.4 Å². The zero-order valence-electron chi connectivity index (χ0n) is 16.8. The standard InChI is InChI=1S/C19H28N4O5/c1-20-17(24)11-22(2)18(25)10-14-12-28-16-6-5-13(9-15(16)23(14)3)19(26)21-7-8-27-4/h5-6,9,14H,7-8,10-12H2,1-4H3,(H,20,24)(H,21,26)/t14-/m1/s1. The fourth-order valence-corrected chi connectivity index (χ4v) is 2.86. The number of methoxy groups -OCH3 is 1. The molecule has 2 rings (SSSR count). The van der Waals surface area contributed by atoms with Crippen molar-refractivity contribution in [3.8, 4) is 5.75 Å². The topological polar surface area (TPSA) is 100 Å². The fraction of sp³-hybridized carbons (Fsp3) is 0.526. The van der Waals surface area contributed by atoms with Crippen molar-refractivity contribution in [1.82, 2.24) is 15.5 Å². The molecule has 0 aromatic heterocycles. The normalized spacial score (nSPS) is 15.3. The molecule has 1 aliphatic heterocycles. The summed E-state index contributed by atoms with van der Waals surface area (Å²) in [6.07, 6.45) is 0.202. The second kappa shape index (κ2) is 9.93. The Morgan fingerprint density at radius 3 is 2.79 bits per heavy atom. The summed E-state index contributed by atoms with van der Waals surface area (Å²) >= 11 is 0. The van der Waals surface area contributed by atoms with Gasteiger partial charge < -0.3 is 29.9 Å². The van der Waals surface area contributed by atoms with Gasteiger partial charge in [0, 0.05) is 40.4 Å². The molecule has 0 saturated carbocycles. The average Bonchev–Trinajstić information content (AvgIpc) is 2.69. The summed E-state index contributed by atoms with van der Waals surface area (Å²) in [6, 6.07) is 5.02. The van der Waals surface area contributed by atoms with Gasteiger partial charge in [0.1, 0.15) is 12.4 Å². The van der Waals surface area contributed by atoms with Crippen LogP contribution in [0.25, 0.3) is 0 Å². The van der Waals surface area contributed by atoms with E-state index >= 15 is 0 Å². The summed E-state index contributed by atoms with van der Waals surface area (Å²) in [5.74, 6) is 0.0923. The third kappa shape index (κ3) is 5.35. The van der Waals surface area contributed by atoms with Gasteiger partial charge in [-0.1, -0.05) is 0 Å². The van der Waals surface area contributed by atoms with E-state index in [-0.39, 0.29) is 36.7 Å². The van der Waals surface area contributed by atoms with Crippen LogP contribution in [-0.2, 0) is 14.3 Å². The molecule has 0 aliphatic carbocycles. The molecule has 0 spiro atoms. The third-order valence-corrected chi connectivity index (χ3v) is 4.67. The summed E-state index contributed by atoms with van der Waals surface area (Å²) in [5, 5.41) is 5.28. The maximum absolute atomic E-state index is 12.4. The van der Waals surface area contributed by atoms with Crippen LogP contribution < -0.4 is 20.3 Å². The number of ether oxygens (including phenoxy) is 2. The molecule has 0 bridgehead atoms. The lowest BCUT2D eigenvalue weighted by Gasteiger charge is -2.36. The number of nitrogens with zero attached hydrogens (tertiary/aromatic N) is 2. The monoisotopic (exact) mass is 392 g/mol. The fourth-order valence-electron chi connectivity index (χ4n) is 2.86. The molecule has 0 saturated heterocycles. The average molecular weight is 392 g/mol. The Balaban J connectivity index is 2.05. The minimum absolute atomic E-state index is 0.00893. The van der Waals surface area contributed by atoms with Crippen molar-refractivity contribution in [2.45, 2.75) is 12.5 Å². The number of benzene rings is 1. The Kier molecular flexibility index (Phi) is 7.62. The van der Waals surface area contributed by atoms with Gasteiger partial charge >= 0.3 is 0 Å². The Morgan fingerprint density at radius 2 is 2.11 bits per heavy atom. The molecule has 1 aromatic carbocycles. The summed E-state index contributed by atoms with van der Waals surface area (Å²) in [4.78, 5) is 39.5.